The predicted octanol–water partition coefficient (Wildman–Crippen LogP) is 1.97. The quantitative estimate of drug-likeness (QED) is 0.257. The van der Waals surface area contributed by atoms with Crippen LogP contribution in [0.2, 0.25) is 0 Å². The van der Waals surface area contributed by atoms with Crippen molar-refractivity contribution in [2.24, 2.45) is 0 Å². The van der Waals surface area contributed by atoms with Gasteiger partial charge in [0.05, 0.1) is 33.9 Å². The SMILES string of the molecule is CCOC(=O)CN1CCN(CC2CN(c3ccc(C(=N)NC(=O)c4ccc(OC)c(OC)c4)cc3)C(=O)O2)CC1. The molecule has 0 bridgehead atoms. The van der Waals surface area contributed by atoms with E-state index < -0.39 is 12.0 Å². The number of carbonyl (C=O) groups excluding carboxylic acids is 3. The van der Waals surface area contributed by atoms with Crippen LogP contribution < -0.4 is 19.7 Å². The van der Waals surface area contributed by atoms with E-state index in [4.69, 9.17) is 24.4 Å². The van der Waals surface area contributed by atoms with Crippen LogP contribution in [0.25, 0.3) is 0 Å². The fourth-order valence-corrected chi connectivity index (χ4v) is 4.68. The van der Waals surface area contributed by atoms with Gasteiger partial charge in [0.25, 0.3) is 5.91 Å². The Morgan fingerprint density at radius 3 is 2.27 bits per heavy atom. The normalized spacial score (nSPS) is 17.7. The van der Waals surface area contributed by atoms with E-state index in [2.05, 4.69) is 15.1 Å². The van der Waals surface area contributed by atoms with Gasteiger partial charge in [0.1, 0.15) is 11.9 Å². The minimum Gasteiger partial charge on any atom is -0.493 e. The van der Waals surface area contributed by atoms with Crippen LogP contribution in [0.1, 0.15) is 22.8 Å². The average Bonchev–Trinajstić information content (AvgIpc) is 3.33. The molecular formula is C28H35N5O7. The van der Waals surface area contributed by atoms with E-state index in [9.17, 15) is 14.4 Å². The molecule has 40 heavy (non-hydrogen) atoms. The molecule has 12 heteroatoms. The van der Waals surface area contributed by atoms with E-state index in [0.29, 0.717) is 54.6 Å². The van der Waals surface area contributed by atoms with Crippen molar-refractivity contribution < 1.29 is 33.3 Å². The third kappa shape index (κ3) is 7.07. The van der Waals surface area contributed by atoms with E-state index in [0.717, 1.165) is 26.2 Å². The number of amidine groups is 1. The first kappa shape index (κ1) is 28.8. The maximum absolute atomic E-state index is 12.7. The van der Waals surface area contributed by atoms with Crippen LogP contribution in [0.4, 0.5) is 10.5 Å². The Morgan fingerprint density at radius 2 is 1.62 bits per heavy atom. The molecule has 12 nitrogen and oxygen atoms in total. The van der Waals surface area contributed by atoms with E-state index >= 15 is 0 Å². The number of anilines is 1. The van der Waals surface area contributed by atoms with E-state index in [1.54, 1.807) is 54.3 Å². The van der Waals surface area contributed by atoms with Crippen molar-refractivity contribution in [3.05, 3.63) is 53.6 Å². The predicted molar refractivity (Wildman–Crippen MR) is 147 cm³/mol. The summed E-state index contributed by atoms with van der Waals surface area (Å²) in [6.45, 7) is 6.54. The van der Waals surface area contributed by atoms with Crippen molar-refractivity contribution in [1.29, 1.82) is 5.41 Å². The first-order valence-corrected chi connectivity index (χ1v) is 13.1. The number of hydrogen-bond acceptors (Lipinski definition) is 10. The molecule has 4 rings (SSSR count). The Labute approximate surface area is 233 Å². The molecule has 0 radical (unpaired) electrons. The molecule has 214 valence electrons. The largest absolute Gasteiger partial charge is 0.493 e. The van der Waals surface area contributed by atoms with Crippen LogP contribution in [0, 0.1) is 5.41 Å². The van der Waals surface area contributed by atoms with Gasteiger partial charge < -0.3 is 24.3 Å². The van der Waals surface area contributed by atoms with Gasteiger partial charge in [-0.1, -0.05) is 0 Å². The van der Waals surface area contributed by atoms with Gasteiger partial charge >= 0.3 is 12.1 Å². The summed E-state index contributed by atoms with van der Waals surface area (Å²) >= 11 is 0. The van der Waals surface area contributed by atoms with Gasteiger partial charge in [0.2, 0.25) is 0 Å². The summed E-state index contributed by atoms with van der Waals surface area (Å²) < 4.78 is 21.1. The van der Waals surface area contributed by atoms with Gasteiger partial charge in [0, 0.05) is 49.5 Å². The molecule has 2 aliphatic heterocycles. The highest BCUT2D eigenvalue weighted by atomic mass is 16.6. The van der Waals surface area contributed by atoms with E-state index in [1.165, 1.54) is 14.2 Å². The van der Waals surface area contributed by atoms with Gasteiger partial charge in [-0.25, -0.2) is 4.79 Å². The summed E-state index contributed by atoms with van der Waals surface area (Å²) in [5, 5.41) is 10.9. The zero-order valence-corrected chi connectivity index (χ0v) is 23.0. The van der Waals surface area contributed by atoms with Crippen LogP contribution >= 0.6 is 0 Å². The molecular weight excluding hydrogens is 518 g/mol. The van der Waals surface area contributed by atoms with Crippen LogP contribution in [-0.2, 0) is 14.3 Å². The molecule has 2 aromatic rings. The van der Waals surface area contributed by atoms with Gasteiger partial charge in [-0.15, -0.1) is 0 Å². The average molecular weight is 554 g/mol. The number of rotatable bonds is 10. The summed E-state index contributed by atoms with van der Waals surface area (Å²) in [5.41, 5.74) is 1.46. The molecule has 1 unspecified atom stereocenters. The second-order valence-corrected chi connectivity index (χ2v) is 9.44. The topological polar surface area (TPSA) is 134 Å². The number of cyclic esters (lactones) is 1. The van der Waals surface area contributed by atoms with E-state index in [-0.39, 0.29) is 17.9 Å². The fourth-order valence-electron chi connectivity index (χ4n) is 4.68. The summed E-state index contributed by atoms with van der Waals surface area (Å²) in [7, 11) is 3.00. The zero-order valence-electron chi connectivity index (χ0n) is 23.0. The van der Waals surface area contributed by atoms with Crippen molar-refractivity contribution in [2.45, 2.75) is 13.0 Å². The lowest BCUT2D eigenvalue weighted by molar-refractivity contribution is -0.144. The molecule has 0 aliphatic carbocycles. The number of carbonyl (C=O) groups is 3. The summed E-state index contributed by atoms with van der Waals surface area (Å²) in [4.78, 5) is 42.8. The third-order valence-electron chi connectivity index (χ3n) is 6.81. The maximum Gasteiger partial charge on any atom is 0.414 e. The fraction of sp³-hybridized carbons (Fsp3) is 0.429. The number of piperazine rings is 1. The number of esters is 1. The van der Waals surface area contributed by atoms with Crippen LogP contribution in [0.5, 0.6) is 11.5 Å². The lowest BCUT2D eigenvalue weighted by Crippen LogP contribution is -2.50. The number of ether oxygens (including phenoxy) is 4. The van der Waals surface area contributed by atoms with Crippen molar-refractivity contribution in [3.63, 3.8) is 0 Å². The van der Waals surface area contributed by atoms with Crippen LogP contribution in [-0.4, -0.2) is 106 Å². The van der Waals surface area contributed by atoms with Gasteiger partial charge in [0.15, 0.2) is 11.5 Å². The molecule has 2 aliphatic rings. The Balaban J connectivity index is 1.28. The Bertz CT molecular complexity index is 1230. The lowest BCUT2D eigenvalue weighted by Gasteiger charge is -2.34. The molecule has 2 amide bonds. The van der Waals surface area contributed by atoms with E-state index in [1.807, 2.05) is 0 Å². The Kier molecular flexibility index (Phi) is 9.56. The smallest absolute Gasteiger partial charge is 0.414 e. The maximum atomic E-state index is 12.7. The Hall–Kier alpha value is -4.16. The van der Waals surface area contributed by atoms with Gasteiger partial charge in [-0.05, 0) is 49.4 Å². The summed E-state index contributed by atoms with van der Waals surface area (Å²) in [5.74, 6) is 0.176. The molecule has 0 spiro atoms. The van der Waals surface area contributed by atoms with Gasteiger partial charge in [-0.2, -0.15) is 0 Å². The van der Waals surface area contributed by atoms with Crippen molar-refractivity contribution in [3.8, 4) is 11.5 Å². The highest BCUT2D eigenvalue weighted by molar-refractivity contribution is 6.11. The highest BCUT2D eigenvalue weighted by Gasteiger charge is 2.34. The molecule has 2 heterocycles. The molecule has 2 aromatic carbocycles. The number of hydrogen-bond donors (Lipinski definition) is 2. The highest BCUT2D eigenvalue weighted by Crippen LogP contribution is 2.27. The number of amides is 2. The molecule has 0 saturated carbocycles. The standard InChI is InChI=1S/C28H35N5O7/c1-4-39-25(34)18-32-13-11-31(12-14-32)16-22-17-33(28(36)40-22)21-8-5-19(6-9-21)26(29)30-27(35)20-7-10-23(37-2)24(15-20)38-3/h5-10,15,22H,4,11-14,16-18H2,1-3H3,(H2,29,30,35). The molecule has 2 saturated heterocycles. The van der Waals surface area contributed by atoms with Gasteiger partial charge in [-0.3, -0.25) is 29.7 Å². The van der Waals surface area contributed by atoms with Crippen molar-refractivity contribution >= 4 is 29.5 Å². The molecule has 1 atom stereocenters. The van der Waals surface area contributed by atoms with Crippen LogP contribution in [0.3, 0.4) is 0 Å². The minimum absolute atomic E-state index is 0.0738. The number of methoxy groups -OCH3 is 2. The Morgan fingerprint density at radius 1 is 0.975 bits per heavy atom. The van der Waals surface area contributed by atoms with Crippen molar-refractivity contribution in [1.82, 2.24) is 15.1 Å². The monoisotopic (exact) mass is 553 g/mol. The molecule has 2 N–H and O–H groups in total. The molecule has 0 aromatic heterocycles. The zero-order chi connectivity index (χ0) is 28.6. The second-order valence-electron chi connectivity index (χ2n) is 9.44. The lowest BCUT2D eigenvalue weighted by atomic mass is 10.1. The first-order valence-electron chi connectivity index (χ1n) is 13.1. The van der Waals surface area contributed by atoms with Crippen LogP contribution in [0.15, 0.2) is 42.5 Å². The third-order valence-corrected chi connectivity index (χ3v) is 6.81. The molecule has 2 fully saturated rings. The second kappa shape index (κ2) is 13.3. The van der Waals surface area contributed by atoms with Crippen molar-refractivity contribution in [2.75, 3.05) is 71.5 Å². The summed E-state index contributed by atoms with van der Waals surface area (Å²) in [6.07, 6.45) is -0.696. The number of benzene rings is 2. The number of nitrogens with zero attached hydrogens (tertiary/aromatic N) is 3. The summed E-state index contributed by atoms with van der Waals surface area (Å²) in [6, 6.07) is 11.6. The number of nitrogens with one attached hydrogen (secondary N) is 2. The first-order chi connectivity index (χ1) is 19.3. The minimum atomic E-state index is -0.456.